The molecular weight excluding hydrogens is 268 g/mol. The highest BCUT2D eigenvalue weighted by molar-refractivity contribution is 6.77. The molecule has 0 spiro atoms. The molecule has 0 heterocycles. The summed E-state index contributed by atoms with van der Waals surface area (Å²) in [5.74, 6) is 0. The zero-order valence-electron chi connectivity index (χ0n) is 12.8. The largest absolute Gasteiger partial charge is 0.508 e. The van der Waals surface area contributed by atoms with E-state index in [9.17, 15) is 4.79 Å². The summed E-state index contributed by atoms with van der Waals surface area (Å²) in [6.07, 6.45) is 1.14. The van der Waals surface area contributed by atoms with Crippen LogP contribution in [0, 0.1) is 0 Å². The Morgan fingerprint density at radius 3 is 2.55 bits per heavy atom. The van der Waals surface area contributed by atoms with E-state index in [1.54, 1.807) is 6.08 Å². The molecule has 0 saturated carbocycles. The van der Waals surface area contributed by atoms with Gasteiger partial charge in [0.15, 0.2) is 0 Å². The Hall–Kier alpha value is -1.55. The second-order valence-electron chi connectivity index (χ2n) is 6.02. The number of hydrogen-bond donors (Lipinski definition) is 0. The molecule has 0 aliphatic carbocycles. The average molecular weight is 292 g/mol. The van der Waals surface area contributed by atoms with Gasteiger partial charge in [-0.15, -0.1) is 0 Å². The first-order valence-electron chi connectivity index (χ1n) is 6.84. The maximum Gasteiger partial charge on any atom is 0.508 e. The van der Waals surface area contributed by atoms with E-state index in [0.717, 1.165) is 11.1 Å². The van der Waals surface area contributed by atoms with Gasteiger partial charge in [-0.25, -0.2) is 4.79 Å². The molecular formula is C16H24O3Si. The third kappa shape index (κ3) is 5.21. The molecule has 0 bridgehead atoms. The third-order valence-corrected chi connectivity index (χ3v) is 6.67. The van der Waals surface area contributed by atoms with Gasteiger partial charge in [0.05, 0.1) is 14.7 Å². The van der Waals surface area contributed by atoms with Gasteiger partial charge < -0.3 is 9.47 Å². The zero-order chi connectivity index (χ0) is 15.2. The predicted octanol–water partition coefficient (Wildman–Crippen LogP) is 4.71. The van der Waals surface area contributed by atoms with Crippen LogP contribution in [0.5, 0.6) is 0 Å². The van der Waals surface area contributed by atoms with Gasteiger partial charge in [-0.3, -0.25) is 0 Å². The van der Waals surface area contributed by atoms with Crippen molar-refractivity contribution in [2.75, 3.05) is 6.61 Å². The Morgan fingerprint density at radius 1 is 1.30 bits per heavy atom. The minimum Gasteiger partial charge on any atom is -0.434 e. The molecule has 1 aromatic rings. The summed E-state index contributed by atoms with van der Waals surface area (Å²) in [5.41, 5.74) is 2.31. The van der Waals surface area contributed by atoms with Gasteiger partial charge in [0.1, 0.15) is 6.61 Å². The van der Waals surface area contributed by atoms with Crippen molar-refractivity contribution < 1.29 is 14.3 Å². The predicted molar refractivity (Wildman–Crippen MR) is 85.4 cm³/mol. The lowest BCUT2D eigenvalue weighted by Crippen LogP contribution is -2.30. The molecule has 3 nitrogen and oxygen atoms in total. The quantitative estimate of drug-likeness (QED) is 0.562. The van der Waals surface area contributed by atoms with Crippen molar-refractivity contribution in [2.24, 2.45) is 0 Å². The highest BCUT2D eigenvalue weighted by Gasteiger charge is 2.23. The van der Waals surface area contributed by atoms with Crippen LogP contribution in [0.25, 0.3) is 6.08 Å². The number of ether oxygens (including phenoxy) is 2. The Balaban J connectivity index is 2.42. The molecule has 1 aromatic carbocycles. The second-order valence-corrected chi connectivity index (χ2v) is 11.7. The van der Waals surface area contributed by atoms with E-state index >= 15 is 0 Å². The SMILES string of the molecule is C=Cc1ccccc1COC(=O)OCC(C)[Si](C)(C)C. The van der Waals surface area contributed by atoms with Gasteiger partial charge in [-0.1, -0.05) is 63.5 Å². The molecule has 110 valence electrons. The first kappa shape index (κ1) is 16.5. The minimum atomic E-state index is -1.28. The molecule has 1 rings (SSSR count). The van der Waals surface area contributed by atoms with Gasteiger partial charge in [0, 0.05) is 0 Å². The van der Waals surface area contributed by atoms with Crippen LogP contribution in [0.3, 0.4) is 0 Å². The van der Waals surface area contributed by atoms with Gasteiger partial charge in [-0.2, -0.15) is 0 Å². The summed E-state index contributed by atoms with van der Waals surface area (Å²) >= 11 is 0. The molecule has 0 radical (unpaired) electrons. The van der Waals surface area contributed by atoms with E-state index in [2.05, 4.69) is 33.1 Å². The standard InChI is InChI=1S/C16H24O3Si/c1-6-14-9-7-8-10-15(14)12-19-16(17)18-11-13(2)20(3,4)5/h6-10,13H,1,11-12H2,2-5H3. The number of hydrogen-bond acceptors (Lipinski definition) is 3. The molecule has 0 aromatic heterocycles. The van der Waals surface area contributed by atoms with Crippen molar-refractivity contribution in [3.63, 3.8) is 0 Å². The lowest BCUT2D eigenvalue weighted by Gasteiger charge is -2.24. The summed E-state index contributed by atoms with van der Waals surface area (Å²) in [4.78, 5) is 11.6. The molecule has 0 aliphatic rings. The van der Waals surface area contributed by atoms with Crippen LogP contribution in [-0.4, -0.2) is 20.8 Å². The molecule has 1 unspecified atom stereocenters. The van der Waals surface area contributed by atoms with Crippen molar-refractivity contribution in [3.05, 3.63) is 42.0 Å². The summed E-state index contributed by atoms with van der Waals surface area (Å²) in [5, 5.41) is 0. The minimum absolute atomic E-state index is 0.211. The number of rotatable bonds is 6. The first-order chi connectivity index (χ1) is 9.34. The van der Waals surface area contributed by atoms with Crippen LogP contribution < -0.4 is 0 Å². The van der Waals surface area contributed by atoms with E-state index in [0.29, 0.717) is 12.1 Å². The first-order valence-corrected chi connectivity index (χ1v) is 10.4. The zero-order valence-corrected chi connectivity index (χ0v) is 13.8. The maximum absolute atomic E-state index is 11.6. The van der Waals surface area contributed by atoms with Crippen LogP contribution in [0.1, 0.15) is 18.1 Å². The fraction of sp³-hybridized carbons (Fsp3) is 0.438. The van der Waals surface area contributed by atoms with Crippen LogP contribution in [0.15, 0.2) is 30.8 Å². The van der Waals surface area contributed by atoms with E-state index in [1.165, 1.54) is 0 Å². The fourth-order valence-corrected chi connectivity index (χ4v) is 2.07. The number of benzene rings is 1. The molecule has 0 N–H and O–H groups in total. The third-order valence-electron chi connectivity index (χ3n) is 3.55. The smallest absolute Gasteiger partial charge is 0.434 e. The lowest BCUT2D eigenvalue weighted by molar-refractivity contribution is 0.0496. The van der Waals surface area contributed by atoms with E-state index < -0.39 is 14.2 Å². The highest BCUT2D eigenvalue weighted by atomic mass is 28.3. The summed E-state index contributed by atoms with van der Waals surface area (Å²) < 4.78 is 10.3. The summed E-state index contributed by atoms with van der Waals surface area (Å²) in [6.45, 7) is 13.3. The molecule has 1 atom stereocenters. The van der Waals surface area contributed by atoms with Gasteiger partial charge in [0.2, 0.25) is 0 Å². The normalized spacial score (nSPS) is 12.6. The Morgan fingerprint density at radius 2 is 1.95 bits per heavy atom. The van der Waals surface area contributed by atoms with Crippen molar-refractivity contribution >= 4 is 20.3 Å². The van der Waals surface area contributed by atoms with Crippen LogP contribution in [0.4, 0.5) is 4.79 Å². The molecule has 0 amide bonds. The second kappa shape index (κ2) is 7.29. The summed E-state index contributed by atoms with van der Waals surface area (Å²) in [7, 11) is -1.28. The number of carbonyl (C=O) groups excluding carboxylic acids is 1. The monoisotopic (exact) mass is 292 g/mol. The summed E-state index contributed by atoms with van der Waals surface area (Å²) in [6, 6.07) is 7.68. The van der Waals surface area contributed by atoms with Gasteiger partial charge in [0.25, 0.3) is 0 Å². The van der Waals surface area contributed by atoms with E-state index in [4.69, 9.17) is 9.47 Å². The van der Waals surface area contributed by atoms with E-state index in [1.807, 2.05) is 24.3 Å². The van der Waals surface area contributed by atoms with Crippen molar-refractivity contribution in [2.45, 2.75) is 38.7 Å². The van der Waals surface area contributed by atoms with Gasteiger partial charge in [-0.05, 0) is 16.7 Å². The molecule has 0 aliphatic heterocycles. The molecule has 0 saturated heterocycles. The Kier molecular flexibility index (Phi) is 6.01. The fourth-order valence-electron chi connectivity index (χ4n) is 1.49. The van der Waals surface area contributed by atoms with Crippen molar-refractivity contribution in [1.29, 1.82) is 0 Å². The van der Waals surface area contributed by atoms with Crippen LogP contribution in [0.2, 0.25) is 25.2 Å². The topological polar surface area (TPSA) is 35.5 Å². The molecule has 4 heteroatoms. The Labute approximate surface area is 122 Å². The maximum atomic E-state index is 11.6. The average Bonchev–Trinajstić information content (AvgIpc) is 2.41. The lowest BCUT2D eigenvalue weighted by atomic mass is 10.1. The van der Waals surface area contributed by atoms with E-state index in [-0.39, 0.29) is 6.61 Å². The van der Waals surface area contributed by atoms with Crippen molar-refractivity contribution in [1.82, 2.24) is 0 Å². The van der Waals surface area contributed by atoms with Gasteiger partial charge >= 0.3 is 6.16 Å². The molecule has 0 fully saturated rings. The van der Waals surface area contributed by atoms with Crippen molar-refractivity contribution in [3.8, 4) is 0 Å². The van der Waals surface area contributed by atoms with Crippen LogP contribution in [-0.2, 0) is 16.1 Å². The Bertz CT molecular complexity index is 463. The van der Waals surface area contributed by atoms with Crippen LogP contribution >= 0.6 is 0 Å². The number of carbonyl (C=O) groups is 1. The molecule has 20 heavy (non-hydrogen) atoms. The highest BCUT2D eigenvalue weighted by Crippen LogP contribution is 2.21.